The van der Waals surface area contributed by atoms with E-state index in [-0.39, 0.29) is 5.57 Å². The van der Waals surface area contributed by atoms with E-state index in [2.05, 4.69) is 5.32 Å². The number of benzene rings is 1. The third-order valence-corrected chi connectivity index (χ3v) is 3.68. The van der Waals surface area contributed by atoms with Crippen LogP contribution in [0.5, 0.6) is 0 Å². The molecule has 1 amide bonds. The fourth-order valence-corrected chi connectivity index (χ4v) is 2.60. The molecule has 20 heavy (non-hydrogen) atoms. The summed E-state index contributed by atoms with van der Waals surface area (Å²) < 4.78 is 0. The van der Waals surface area contributed by atoms with Gasteiger partial charge in [-0.15, -0.1) is 11.3 Å². The van der Waals surface area contributed by atoms with Crippen molar-refractivity contribution in [1.29, 1.82) is 5.26 Å². The first kappa shape index (κ1) is 14.3. The Morgan fingerprint density at radius 2 is 2.20 bits per heavy atom. The number of hydrogen-bond donors (Lipinski definition) is 1. The highest BCUT2D eigenvalue weighted by Gasteiger charge is 2.10. The fraction of sp³-hybridized carbons (Fsp3) is 0.0667. The van der Waals surface area contributed by atoms with Gasteiger partial charge in [-0.1, -0.05) is 17.7 Å². The first-order valence-electron chi connectivity index (χ1n) is 5.83. The van der Waals surface area contributed by atoms with Gasteiger partial charge in [0.15, 0.2) is 0 Å². The number of anilines is 1. The van der Waals surface area contributed by atoms with Crippen molar-refractivity contribution in [2.24, 2.45) is 0 Å². The third kappa shape index (κ3) is 3.70. The molecule has 0 unspecified atom stereocenters. The maximum atomic E-state index is 12.0. The highest BCUT2D eigenvalue weighted by atomic mass is 35.5. The molecule has 1 aromatic carbocycles. The molecule has 1 aromatic heterocycles. The first-order chi connectivity index (χ1) is 9.58. The lowest BCUT2D eigenvalue weighted by molar-refractivity contribution is -0.112. The first-order valence-corrected chi connectivity index (χ1v) is 7.03. The molecular formula is C15H11ClN2OS. The summed E-state index contributed by atoms with van der Waals surface area (Å²) in [5.41, 5.74) is 0.623. The predicted molar refractivity (Wildman–Crippen MR) is 82.7 cm³/mol. The molecule has 0 bridgehead atoms. The topological polar surface area (TPSA) is 52.9 Å². The third-order valence-electron chi connectivity index (χ3n) is 2.50. The number of rotatable bonds is 3. The maximum absolute atomic E-state index is 12.0. The quantitative estimate of drug-likeness (QED) is 0.680. The fourth-order valence-electron chi connectivity index (χ4n) is 1.59. The summed E-state index contributed by atoms with van der Waals surface area (Å²) in [7, 11) is 0. The largest absolute Gasteiger partial charge is 0.321 e. The van der Waals surface area contributed by atoms with E-state index in [1.807, 2.05) is 25.1 Å². The highest BCUT2D eigenvalue weighted by Crippen LogP contribution is 2.19. The molecule has 0 atom stereocenters. The average molecular weight is 303 g/mol. The summed E-state index contributed by atoms with van der Waals surface area (Å²) in [5.74, 6) is -0.444. The molecule has 0 aliphatic heterocycles. The average Bonchev–Trinajstić information content (AvgIpc) is 2.81. The standard InChI is InChI=1S/C15H11ClN2OS/c1-10-5-6-14(20-10)7-11(9-17)15(19)18-13-4-2-3-12(16)8-13/h2-8H,1H3,(H,18,19)/b11-7+. The van der Waals surface area contributed by atoms with Crippen LogP contribution in [0.3, 0.4) is 0 Å². The molecule has 3 nitrogen and oxygen atoms in total. The Morgan fingerprint density at radius 1 is 1.40 bits per heavy atom. The van der Waals surface area contributed by atoms with Crippen LogP contribution in [0.4, 0.5) is 5.69 Å². The van der Waals surface area contributed by atoms with E-state index in [1.54, 1.807) is 30.3 Å². The van der Waals surface area contributed by atoms with Crippen molar-refractivity contribution < 1.29 is 4.79 Å². The van der Waals surface area contributed by atoms with E-state index in [9.17, 15) is 4.79 Å². The predicted octanol–water partition coefficient (Wildman–Crippen LogP) is 4.26. The van der Waals surface area contributed by atoms with Crippen LogP contribution in [-0.2, 0) is 4.79 Å². The number of aryl methyl sites for hydroxylation is 1. The highest BCUT2D eigenvalue weighted by molar-refractivity contribution is 7.12. The summed E-state index contributed by atoms with van der Waals surface area (Å²) in [6.07, 6.45) is 1.58. The van der Waals surface area contributed by atoms with Crippen LogP contribution in [0.25, 0.3) is 6.08 Å². The van der Waals surface area contributed by atoms with E-state index in [0.29, 0.717) is 10.7 Å². The van der Waals surface area contributed by atoms with Crippen LogP contribution in [0, 0.1) is 18.3 Å². The normalized spacial score (nSPS) is 10.9. The zero-order valence-electron chi connectivity index (χ0n) is 10.7. The van der Waals surface area contributed by atoms with Crippen molar-refractivity contribution in [1.82, 2.24) is 0 Å². The van der Waals surface area contributed by atoms with Crippen LogP contribution in [0.15, 0.2) is 42.0 Å². The van der Waals surface area contributed by atoms with Crippen molar-refractivity contribution in [3.8, 4) is 6.07 Å². The molecule has 0 radical (unpaired) electrons. The van der Waals surface area contributed by atoms with Crippen LogP contribution in [0.1, 0.15) is 9.75 Å². The van der Waals surface area contributed by atoms with Gasteiger partial charge in [-0.05, 0) is 43.3 Å². The number of carbonyl (C=O) groups is 1. The minimum Gasteiger partial charge on any atom is -0.321 e. The zero-order chi connectivity index (χ0) is 14.5. The molecule has 1 heterocycles. The van der Waals surface area contributed by atoms with Gasteiger partial charge >= 0.3 is 0 Å². The number of halogens is 1. The number of nitrogens with zero attached hydrogens (tertiary/aromatic N) is 1. The minimum atomic E-state index is -0.444. The van der Waals surface area contributed by atoms with E-state index in [4.69, 9.17) is 16.9 Å². The van der Waals surface area contributed by atoms with Crippen LogP contribution in [-0.4, -0.2) is 5.91 Å². The second-order valence-electron chi connectivity index (χ2n) is 4.08. The SMILES string of the molecule is Cc1ccc(/C=C(\C#N)C(=O)Nc2cccc(Cl)c2)s1. The Bertz CT molecular complexity index is 713. The number of amides is 1. The summed E-state index contributed by atoms with van der Waals surface area (Å²) in [5, 5.41) is 12.3. The summed E-state index contributed by atoms with van der Waals surface area (Å²) >= 11 is 7.37. The summed E-state index contributed by atoms with van der Waals surface area (Å²) in [6.45, 7) is 1.97. The molecule has 5 heteroatoms. The molecule has 0 fully saturated rings. The summed E-state index contributed by atoms with van der Waals surface area (Å²) in [4.78, 5) is 14.0. The Kier molecular flexibility index (Phi) is 4.57. The van der Waals surface area contributed by atoms with Crippen LogP contribution in [0.2, 0.25) is 5.02 Å². The van der Waals surface area contributed by atoms with Crippen molar-refractivity contribution in [3.05, 3.63) is 56.7 Å². The smallest absolute Gasteiger partial charge is 0.266 e. The lowest BCUT2D eigenvalue weighted by Crippen LogP contribution is -2.13. The monoisotopic (exact) mass is 302 g/mol. The molecule has 1 N–H and O–H groups in total. The number of nitriles is 1. The van der Waals surface area contributed by atoms with Crippen molar-refractivity contribution >= 4 is 40.6 Å². The minimum absolute atomic E-state index is 0.0619. The number of hydrogen-bond acceptors (Lipinski definition) is 3. The van der Waals surface area contributed by atoms with Crippen molar-refractivity contribution in [3.63, 3.8) is 0 Å². The molecule has 0 saturated carbocycles. The Morgan fingerprint density at radius 3 is 2.80 bits per heavy atom. The number of carbonyl (C=O) groups excluding carboxylic acids is 1. The van der Waals surface area contributed by atoms with Gasteiger partial charge in [-0.3, -0.25) is 4.79 Å². The maximum Gasteiger partial charge on any atom is 0.266 e. The van der Waals surface area contributed by atoms with Gasteiger partial charge < -0.3 is 5.32 Å². The van der Waals surface area contributed by atoms with Gasteiger partial charge in [0.2, 0.25) is 0 Å². The van der Waals surface area contributed by atoms with Crippen LogP contribution < -0.4 is 5.32 Å². The molecule has 2 rings (SSSR count). The second-order valence-corrected chi connectivity index (χ2v) is 5.84. The molecule has 0 spiro atoms. The molecule has 2 aromatic rings. The molecule has 0 aliphatic rings. The van der Waals surface area contributed by atoms with Gasteiger partial charge in [-0.25, -0.2) is 0 Å². The van der Waals surface area contributed by atoms with Gasteiger partial charge in [0.05, 0.1) is 0 Å². The van der Waals surface area contributed by atoms with Gasteiger partial charge in [0, 0.05) is 20.5 Å². The Labute approximate surface area is 126 Å². The second kappa shape index (κ2) is 6.38. The van der Waals surface area contributed by atoms with Crippen molar-refractivity contribution in [2.75, 3.05) is 5.32 Å². The van der Waals surface area contributed by atoms with Gasteiger partial charge in [-0.2, -0.15) is 5.26 Å². The molecule has 0 saturated heterocycles. The van der Waals surface area contributed by atoms with Crippen LogP contribution >= 0.6 is 22.9 Å². The lowest BCUT2D eigenvalue weighted by Gasteiger charge is -2.04. The zero-order valence-corrected chi connectivity index (χ0v) is 12.3. The molecule has 0 aliphatic carbocycles. The number of thiophene rings is 1. The number of nitrogens with one attached hydrogen (secondary N) is 1. The van der Waals surface area contributed by atoms with Gasteiger partial charge in [0.1, 0.15) is 11.6 Å². The Balaban J connectivity index is 2.18. The molecular weight excluding hydrogens is 292 g/mol. The van der Waals surface area contributed by atoms with E-state index in [0.717, 1.165) is 9.75 Å². The van der Waals surface area contributed by atoms with E-state index in [1.165, 1.54) is 11.3 Å². The van der Waals surface area contributed by atoms with Gasteiger partial charge in [0.25, 0.3) is 5.91 Å². The van der Waals surface area contributed by atoms with Crippen molar-refractivity contribution in [2.45, 2.75) is 6.92 Å². The summed E-state index contributed by atoms with van der Waals surface area (Å²) in [6, 6.07) is 12.5. The Hall–Kier alpha value is -2.09. The lowest BCUT2D eigenvalue weighted by atomic mass is 10.2. The molecule has 100 valence electrons. The van der Waals surface area contributed by atoms with E-state index < -0.39 is 5.91 Å². The van der Waals surface area contributed by atoms with E-state index >= 15 is 0 Å².